The Hall–Kier alpha value is -1.92. The van der Waals surface area contributed by atoms with Crippen molar-refractivity contribution in [1.82, 2.24) is 5.32 Å². The first-order chi connectivity index (χ1) is 13.4. The molecule has 1 fully saturated rings. The lowest BCUT2D eigenvalue weighted by molar-refractivity contribution is -0.906. The van der Waals surface area contributed by atoms with Crippen LogP contribution in [0.25, 0.3) is 0 Å². The van der Waals surface area contributed by atoms with Gasteiger partial charge in [-0.25, -0.2) is 0 Å². The van der Waals surface area contributed by atoms with Gasteiger partial charge in [-0.2, -0.15) is 0 Å². The minimum absolute atomic E-state index is 0.0835. The number of para-hydroxylation sites is 1. The highest BCUT2D eigenvalue weighted by molar-refractivity contribution is 5.82. The van der Waals surface area contributed by atoms with E-state index >= 15 is 0 Å². The Morgan fingerprint density at radius 1 is 1.07 bits per heavy atom. The fourth-order valence-electron chi connectivity index (χ4n) is 3.36. The molecule has 0 bridgehead atoms. The summed E-state index contributed by atoms with van der Waals surface area (Å²) >= 11 is 0. The molecule has 1 amide bonds. The first-order valence-electron chi connectivity index (χ1n) is 10.4. The van der Waals surface area contributed by atoms with Gasteiger partial charge in [0.2, 0.25) is 5.91 Å². The molecule has 1 aliphatic rings. The molecule has 2 N–H and O–H groups in total. The van der Waals surface area contributed by atoms with Crippen LogP contribution in [0.2, 0.25) is 0 Å². The second-order valence-electron chi connectivity index (χ2n) is 8.01. The van der Waals surface area contributed by atoms with Crippen molar-refractivity contribution in [2.24, 2.45) is 0 Å². The second kappa shape index (κ2) is 11.2. The van der Waals surface area contributed by atoms with Crippen LogP contribution in [0.15, 0.2) is 18.2 Å². The number of rotatable bonds is 9. The van der Waals surface area contributed by atoms with Gasteiger partial charge in [0.05, 0.1) is 32.7 Å². The van der Waals surface area contributed by atoms with Gasteiger partial charge in [-0.3, -0.25) is 9.59 Å². The number of hydrogen-bond acceptors (Lipinski definition) is 4. The third-order valence-electron chi connectivity index (χ3n) is 5.09. The van der Waals surface area contributed by atoms with E-state index in [1.807, 2.05) is 18.2 Å². The number of carbonyl (C=O) groups excluding carboxylic acids is 2. The van der Waals surface area contributed by atoms with Crippen molar-refractivity contribution >= 4 is 11.9 Å². The van der Waals surface area contributed by atoms with Gasteiger partial charge in [-0.15, -0.1) is 0 Å². The highest BCUT2D eigenvalue weighted by atomic mass is 16.5. The fourth-order valence-corrected chi connectivity index (χ4v) is 3.36. The van der Waals surface area contributed by atoms with Crippen LogP contribution in [-0.4, -0.2) is 51.3 Å². The van der Waals surface area contributed by atoms with Gasteiger partial charge in [-0.1, -0.05) is 45.9 Å². The number of nitrogens with one attached hydrogen (secondary N) is 2. The van der Waals surface area contributed by atoms with E-state index in [4.69, 9.17) is 9.47 Å². The first kappa shape index (κ1) is 22.4. The predicted molar refractivity (Wildman–Crippen MR) is 109 cm³/mol. The van der Waals surface area contributed by atoms with Gasteiger partial charge in [0.25, 0.3) is 0 Å². The number of morpholine rings is 1. The Labute approximate surface area is 168 Å². The third kappa shape index (κ3) is 6.91. The molecule has 6 heteroatoms. The fraction of sp³-hybridized carbons (Fsp3) is 0.636. The van der Waals surface area contributed by atoms with Crippen LogP contribution in [0.5, 0.6) is 5.75 Å². The van der Waals surface area contributed by atoms with E-state index in [-0.39, 0.29) is 36.6 Å². The third-order valence-corrected chi connectivity index (χ3v) is 5.09. The summed E-state index contributed by atoms with van der Waals surface area (Å²) in [5, 5.41) is 2.90. The lowest BCUT2D eigenvalue weighted by Gasteiger charge is -2.23. The molecule has 2 rings (SSSR count). The van der Waals surface area contributed by atoms with Crippen molar-refractivity contribution in [3.63, 3.8) is 0 Å². The molecule has 0 saturated carbocycles. The van der Waals surface area contributed by atoms with Gasteiger partial charge in [0, 0.05) is 6.42 Å². The van der Waals surface area contributed by atoms with Crippen LogP contribution < -0.4 is 15.0 Å². The van der Waals surface area contributed by atoms with Crippen LogP contribution in [0.4, 0.5) is 0 Å². The van der Waals surface area contributed by atoms with Crippen molar-refractivity contribution in [3.05, 3.63) is 29.3 Å². The SMILES string of the molecule is CC(C)c1cccc(C(C)C)c1OC(=O)CCC(=O)NCC[NH+]1CCOCC1. The number of quaternary nitrogens is 1. The van der Waals surface area contributed by atoms with Crippen molar-refractivity contribution in [2.75, 3.05) is 39.4 Å². The minimum atomic E-state index is -0.357. The zero-order valence-corrected chi connectivity index (χ0v) is 17.7. The molecule has 0 aliphatic carbocycles. The van der Waals surface area contributed by atoms with Gasteiger partial charge >= 0.3 is 5.97 Å². The Bertz CT molecular complexity index is 626. The first-order valence-corrected chi connectivity index (χ1v) is 10.4. The molecular weight excluding hydrogens is 356 g/mol. The van der Waals surface area contributed by atoms with Gasteiger partial charge in [-0.05, 0) is 23.0 Å². The van der Waals surface area contributed by atoms with E-state index in [1.54, 1.807) is 0 Å². The molecule has 1 aromatic carbocycles. The number of ether oxygens (including phenoxy) is 2. The molecule has 0 atom stereocenters. The molecule has 0 aromatic heterocycles. The number of esters is 1. The molecule has 28 heavy (non-hydrogen) atoms. The van der Waals surface area contributed by atoms with E-state index in [2.05, 4.69) is 33.0 Å². The van der Waals surface area contributed by atoms with Crippen molar-refractivity contribution < 1.29 is 24.0 Å². The minimum Gasteiger partial charge on any atom is -0.426 e. The molecule has 0 spiro atoms. The highest BCUT2D eigenvalue weighted by Crippen LogP contribution is 2.34. The summed E-state index contributed by atoms with van der Waals surface area (Å²) in [6.45, 7) is 13.4. The zero-order chi connectivity index (χ0) is 20.5. The van der Waals surface area contributed by atoms with Crippen molar-refractivity contribution in [1.29, 1.82) is 0 Å². The Morgan fingerprint density at radius 3 is 2.25 bits per heavy atom. The average molecular weight is 392 g/mol. The molecular formula is C22H35N2O4+. The summed E-state index contributed by atoms with van der Waals surface area (Å²) in [5.41, 5.74) is 2.05. The number of amides is 1. The number of carbonyl (C=O) groups is 2. The topological polar surface area (TPSA) is 69.1 Å². The Balaban J connectivity index is 1.81. The lowest BCUT2D eigenvalue weighted by Crippen LogP contribution is -3.14. The van der Waals surface area contributed by atoms with E-state index in [0.29, 0.717) is 12.3 Å². The summed E-state index contributed by atoms with van der Waals surface area (Å²) in [6.07, 6.45) is 0.234. The van der Waals surface area contributed by atoms with Crippen molar-refractivity contribution in [3.8, 4) is 5.75 Å². The standard InChI is InChI=1S/C22H34N2O4/c1-16(2)18-6-5-7-19(17(3)4)22(18)28-21(26)9-8-20(25)23-10-11-24-12-14-27-15-13-24/h5-7,16-17H,8-15H2,1-4H3,(H,23,25)/p+1. The molecule has 0 unspecified atom stereocenters. The smallest absolute Gasteiger partial charge is 0.311 e. The zero-order valence-electron chi connectivity index (χ0n) is 17.7. The summed E-state index contributed by atoms with van der Waals surface area (Å²) in [4.78, 5) is 25.8. The monoisotopic (exact) mass is 391 g/mol. The summed E-state index contributed by atoms with van der Waals surface area (Å²) in [5.74, 6) is 0.712. The molecule has 156 valence electrons. The van der Waals surface area contributed by atoms with Gasteiger partial charge in [0.1, 0.15) is 18.8 Å². The molecule has 1 saturated heterocycles. The van der Waals surface area contributed by atoms with E-state index in [1.165, 1.54) is 4.90 Å². The molecule has 1 aliphatic heterocycles. The average Bonchev–Trinajstić information content (AvgIpc) is 2.67. The van der Waals surface area contributed by atoms with Gasteiger partial charge < -0.3 is 19.7 Å². The van der Waals surface area contributed by atoms with E-state index in [0.717, 1.165) is 44.0 Å². The Morgan fingerprint density at radius 2 is 1.68 bits per heavy atom. The van der Waals surface area contributed by atoms with E-state index in [9.17, 15) is 9.59 Å². The van der Waals surface area contributed by atoms with Crippen molar-refractivity contribution in [2.45, 2.75) is 52.4 Å². The van der Waals surface area contributed by atoms with Crippen LogP contribution in [0, 0.1) is 0 Å². The van der Waals surface area contributed by atoms with E-state index < -0.39 is 0 Å². The molecule has 6 nitrogen and oxygen atoms in total. The maximum atomic E-state index is 12.4. The number of benzene rings is 1. The predicted octanol–water partition coefficient (Wildman–Crippen LogP) is 1.65. The largest absolute Gasteiger partial charge is 0.426 e. The quantitative estimate of drug-likeness (QED) is 0.496. The molecule has 1 aromatic rings. The van der Waals surface area contributed by atoms with Crippen LogP contribution in [0.1, 0.15) is 63.5 Å². The van der Waals surface area contributed by atoms with Crippen LogP contribution in [-0.2, 0) is 14.3 Å². The Kier molecular flexibility index (Phi) is 8.93. The molecule has 1 heterocycles. The lowest BCUT2D eigenvalue weighted by atomic mass is 9.94. The maximum Gasteiger partial charge on any atom is 0.311 e. The maximum absolute atomic E-state index is 12.4. The van der Waals surface area contributed by atoms with Crippen LogP contribution >= 0.6 is 0 Å². The number of hydrogen-bond donors (Lipinski definition) is 2. The highest BCUT2D eigenvalue weighted by Gasteiger charge is 2.19. The summed E-state index contributed by atoms with van der Waals surface area (Å²) in [7, 11) is 0. The second-order valence-corrected chi connectivity index (χ2v) is 8.01. The summed E-state index contributed by atoms with van der Waals surface area (Å²) in [6, 6.07) is 6.01. The molecule has 0 radical (unpaired) electrons. The van der Waals surface area contributed by atoms with Gasteiger partial charge in [0.15, 0.2) is 0 Å². The normalized spacial score (nSPS) is 15.1. The summed E-state index contributed by atoms with van der Waals surface area (Å²) < 4.78 is 11.0. The van der Waals surface area contributed by atoms with Crippen LogP contribution in [0.3, 0.4) is 0 Å².